The SMILES string of the molecule is CC(C)(C1=CC2C=CC=CC2C=C1)c1cc(-c2ccc3c(c2)CCC(C2=CC4=C(C=CCC4)CC2)=C3)c2ccccc2c1. The Labute approximate surface area is 256 Å². The molecule has 3 aromatic rings. The van der Waals surface area contributed by atoms with Gasteiger partial charge < -0.3 is 0 Å². The molecule has 5 aliphatic rings. The van der Waals surface area contributed by atoms with E-state index in [2.05, 4.69) is 135 Å². The number of aryl methyl sites for hydroxylation is 1. The third-order valence-corrected chi connectivity index (χ3v) is 10.6. The smallest absolute Gasteiger partial charge is 0.0143 e. The van der Waals surface area contributed by atoms with Crippen LogP contribution in [0.25, 0.3) is 28.0 Å². The molecule has 0 heterocycles. The summed E-state index contributed by atoms with van der Waals surface area (Å²) in [7, 11) is 0. The Kier molecular flexibility index (Phi) is 6.48. The van der Waals surface area contributed by atoms with Crippen LogP contribution < -0.4 is 0 Å². The van der Waals surface area contributed by atoms with Gasteiger partial charge in [0.25, 0.3) is 0 Å². The Hall–Kier alpha value is -4.16. The second-order valence-corrected chi connectivity index (χ2v) is 13.5. The van der Waals surface area contributed by atoms with E-state index >= 15 is 0 Å². The molecule has 0 fully saturated rings. The van der Waals surface area contributed by atoms with Gasteiger partial charge in [-0.1, -0.05) is 129 Å². The summed E-state index contributed by atoms with van der Waals surface area (Å²) >= 11 is 0. The van der Waals surface area contributed by atoms with Crippen molar-refractivity contribution in [3.05, 3.63) is 160 Å². The molecule has 0 radical (unpaired) electrons. The van der Waals surface area contributed by atoms with Crippen LogP contribution in [-0.2, 0) is 11.8 Å². The minimum atomic E-state index is -0.0990. The summed E-state index contributed by atoms with van der Waals surface area (Å²) < 4.78 is 0. The molecule has 8 rings (SSSR count). The van der Waals surface area contributed by atoms with Crippen LogP contribution in [-0.4, -0.2) is 0 Å². The molecule has 0 nitrogen and oxygen atoms in total. The summed E-state index contributed by atoms with van der Waals surface area (Å²) in [6.07, 6.45) is 33.0. The van der Waals surface area contributed by atoms with Crippen molar-refractivity contribution in [1.29, 1.82) is 0 Å². The molecule has 0 aromatic heterocycles. The molecule has 0 saturated heterocycles. The zero-order valence-corrected chi connectivity index (χ0v) is 25.4. The van der Waals surface area contributed by atoms with Gasteiger partial charge in [0.1, 0.15) is 0 Å². The van der Waals surface area contributed by atoms with Gasteiger partial charge in [0, 0.05) is 17.3 Å². The minimum absolute atomic E-state index is 0.0990. The molecule has 43 heavy (non-hydrogen) atoms. The van der Waals surface area contributed by atoms with E-state index in [9.17, 15) is 0 Å². The molecule has 0 saturated carbocycles. The van der Waals surface area contributed by atoms with Gasteiger partial charge in [-0.2, -0.15) is 0 Å². The molecule has 5 aliphatic carbocycles. The topological polar surface area (TPSA) is 0 Å². The van der Waals surface area contributed by atoms with Gasteiger partial charge in [-0.15, -0.1) is 0 Å². The average molecular weight is 557 g/mol. The second kappa shape index (κ2) is 10.5. The highest BCUT2D eigenvalue weighted by Gasteiger charge is 2.30. The molecule has 0 heteroatoms. The summed E-state index contributed by atoms with van der Waals surface area (Å²) in [6.45, 7) is 4.78. The summed E-state index contributed by atoms with van der Waals surface area (Å²) in [5.41, 5.74) is 14.5. The quantitative estimate of drug-likeness (QED) is 0.300. The molecule has 0 bridgehead atoms. The molecule has 0 aliphatic heterocycles. The molecular formula is C43H40. The normalized spacial score (nSPS) is 22.5. The fourth-order valence-corrected chi connectivity index (χ4v) is 7.83. The maximum absolute atomic E-state index is 2.52. The monoisotopic (exact) mass is 556 g/mol. The van der Waals surface area contributed by atoms with Crippen molar-refractivity contribution < 1.29 is 0 Å². The highest BCUT2D eigenvalue weighted by atomic mass is 14.3. The van der Waals surface area contributed by atoms with Gasteiger partial charge in [0.15, 0.2) is 0 Å². The number of benzene rings is 3. The van der Waals surface area contributed by atoms with Crippen molar-refractivity contribution in [2.75, 3.05) is 0 Å². The second-order valence-electron chi connectivity index (χ2n) is 13.5. The summed E-state index contributed by atoms with van der Waals surface area (Å²) in [5.74, 6) is 0.931. The van der Waals surface area contributed by atoms with Crippen molar-refractivity contribution in [1.82, 2.24) is 0 Å². The first-order valence-electron chi connectivity index (χ1n) is 16.3. The number of allylic oxidation sites excluding steroid dienone is 15. The van der Waals surface area contributed by atoms with Gasteiger partial charge in [-0.3, -0.25) is 0 Å². The molecule has 2 atom stereocenters. The van der Waals surface area contributed by atoms with E-state index in [4.69, 9.17) is 0 Å². The Bertz CT molecular complexity index is 1890. The van der Waals surface area contributed by atoms with Crippen LogP contribution in [0, 0.1) is 11.8 Å². The molecule has 2 unspecified atom stereocenters. The highest BCUT2D eigenvalue weighted by molar-refractivity contribution is 5.98. The summed E-state index contributed by atoms with van der Waals surface area (Å²) in [6, 6.07) is 21.0. The van der Waals surface area contributed by atoms with E-state index in [0.29, 0.717) is 11.8 Å². The number of fused-ring (bicyclic) bond motifs is 3. The van der Waals surface area contributed by atoms with Crippen LogP contribution in [0.1, 0.15) is 62.6 Å². The molecule has 0 amide bonds. The Morgan fingerprint density at radius 3 is 2.47 bits per heavy atom. The van der Waals surface area contributed by atoms with E-state index in [1.165, 1.54) is 69.8 Å². The molecule has 3 aromatic carbocycles. The number of hydrogen-bond donors (Lipinski definition) is 0. The number of hydrogen-bond acceptors (Lipinski definition) is 0. The van der Waals surface area contributed by atoms with E-state index in [1.54, 1.807) is 22.3 Å². The highest BCUT2D eigenvalue weighted by Crippen LogP contribution is 2.43. The average Bonchev–Trinajstić information content (AvgIpc) is 3.06. The van der Waals surface area contributed by atoms with Gasteiger partial charge >= 0.3 is 0 Å². The zero-order valence-electron chi connectivity index (χ0n) is 25.4. The molecule has 212 valence electrons. The largest absolute Gasteiger partial charge is 0.0839 e. The van der Waals surface area contributed by atoms with Gasteiger partial charge in [0.2, 0.25) is 0 Å². The maximum Gasteiger partial charge on any atom is 0.0143 e. The first-order valence-corrected chi connectivity index (χ1v) is 16.3. The fourth-order valence-electron chi connectivity index (χ4n) is 7.83. The van der Waals surface area contributed by atoms with Crippen molar-refractivity contribution in [2.24, 2.45) is 11.8 Å². The Balaban J connectivity index is 1.16. The fraction of sp³-hybridized carbons (Fsp3) is 0.256. The Morgan fingerprint density at radius 2 is 1.53 bits per heavy atom. The first-order chi connectivity index (χ1) is 21.0. The Morgan fingerprint density at radius 1 is 0.698 bits per heavy atom. The van der Waals surface area contributed by atoms with Gasteiger partial charge in [-0.25, -0.2) is 0 Å². The van der Waals surface area contributed by atoms with Crippen molar-refractivity contribution >= 4 is 16.8 Å². The summed E-state index contributed by atoms with van der Waals surface area (Å²) in [4.78, 5) is 0. The third-order valence-electron chi connectivity index (χ3n) is 10.6. The predicted octanol–water partition coefficient (Wildman–Crippen LogP) is 11.3. The van der Waals surface area contributed by atoms with Crippen molar-refractivity contribution in [3.8, 4) is 11.1 Å². The van der Waals surface area contributed by atoms with Crippen LogP contribution in [0.4, 0.5) is 0 Å². The lowest BCUT2D eigenvalue weighted by atomic mass is 9.71. The standard InChI is InChI=1S/C43H40/c1-43(2,39-22-21-30-10-4-6-12-32(30)26-39)40-27-37-13-7-8-14-41(37)42(28-40)38-20-19-35-24-34(17-18-36(35)25-38)33-16-15-29-9-3-5-11-31(29)23-33/h3-4,6-10,12-14,19-28,30,32H,5,11,15-18H2,1-2H3. The lowest BCUT2D eigenvalue weighted by Crippen LogP contribution is -2.23. The van der Waals surface area contributed by atoms with Crippen LogP contribution in [0.5, 0.6) is 0 Å². The first kappa shape index (κ1) is 26.5. The van der Waals surface area contributed by atoms with E-state index < -0.39 is 0 Å². The van der Waals surface area contributed by atoms with Crippen LogP contribution in [0.3, 0.4) is 0 Å². The van der Waals surface area contributed by atoms with Crippen LogP contribution in [0.2, 0.25) is 0 Å². The maximum atomic E-state index is 2.52. The third kappa shape index (κ3) is 4.78. The number of rotatable bonds is 4. The van der Waals surface area contributed by atoms with Gasteiger partial charge in [0.05, 0.1) is 0 Å². The van der Waals surface area contributed by atoms with E-state index in [1.807, 2.05) is 0 Å². The lowest BCUT2D eigenvalue weighted by Gasteiger charge is -2.33. The van der Waals surface area contributed by atoms with E-state index in [-0.39, 0.29) is 5.41 Å². The summed E-state index contributed by atoms with van der Waals surface area (Å²) in [5, 5.41) is 2.65. The van der Waals surface area contributed by atoms with E-state index in [0.717, 1.165) is 12.8 Å². The molecular weight excluding hydrogens is 516 g/mol. The zero-order chi connectivity index (χ0) is 29.0. The van der Waals surface area contributed by atoms with Crippen LogP contribution >= 0.6 is 0 Å². The molecule has 0 spiro atoms. The van der Waals surface area contributed by atoms with Crippen molar-refractivity contribution in [2.45, 2.75) is 57.8 Å². The minimum Gasteiger partial charge on any atom is -0.0839 e. The van der Waals surface area contributed by atoms with Gasteiger partial charge in [-0.05, 0) is 111 Å². The lowest BCUT2D eigenvalue weighted by molar-refractivity contribution is 0.591. The van der Waals surface area contributed by atoms with Crippen LogP contribution in [0.15, 0.2) is 143 Å². The molecule has 0 N–H and O–H groups in total. The predicted molar refractivity (Wildman–Crippen MR) is 184 cm³/mol. The van der Waals surface area contributed by atoms with Crippen molar-refractivity contribution in [3.63, 3.8) is 0 Å².